The summed E-state index contributed by atoms with van der Waals surface area (Å²) < 4.78 is 36.8. The Kier molecular flexibility index (Phi) is 13.4. The number of Topliss-reactive ketones (excluding diaryl/α,β-unsaturated/α-hetero) is 1. The summed E-state index contributed by atoms with van der Waals surface area (Å²) in [5.74, 6) is -8.04. The third-order valence-corrected chi connectivity index (χ3v) is 14.1. The lowest BCUT2D eigenvalue weighted by molar-refractivity contribution is -0.346. The number of benzene rings is 3. The van der Waals surface area contributed by atoms with E-state index in [2.05, 4.69) is 5.32 Å². The first-order valence-electron chi connectivity index (χ1n) is 22.1. The van der Waals surface area contributed by atoms with Crippen LogP contribution in [0.3, 0.4) is 0 Å². The van der Waals surface area contributed by atoms with Gasteiger partial charge in [0.25, 0.3) is 5.91 Å². The molecule has 3 aliphatic carbocycles. The largest absolute Gasteiger partial charge is 0.460 e. The van der Waals surface area contributed by atoms with Crippen LogP contribution in [0.25, 0.3) is 0 Å². The molecule has 1 aliphatic heterocycles. The molecule has 5 N–H and O–H groups in total. The summed E-state index contributed by atoms with van der Waals surface area (Å²) in [7, 11) is 0. The number of ether oxygens (including phenoxy) is 6. The third kappa shape index (κ3) is 8.53. The van der Waals surface area contributed by atoms with Crippen LogP contribution in [-0.4, -0.2) is 112 Å². The molecule has 17 nitrogen and oxygen atoms in total. The molecule has 2 saturated carbocycles. The lowest BCUT2D eigenvalue weighted by atomic mass is 9.44. The number of carbonyl (C=O) groups excluding carboxylic acids is 7. The molecule has 3 aromatic carbocycles. The molecule has 7 rings (SSSR count). The van der Waals surface area contributed by atoms with E-state index in [0.717, 1.165) is 13.8 Å². The molecule has 67 heavy (non-hydrogen) atoms. The fourth-order valence-electron chi connectivity index (χ4n) is 10.6. The van der Waals surface area contributed by atoms with Crippen molar-refractivity contribution in [3.05, 3.63) is 119 Å². The van der Waals surface area contributed by atoms with Crippen molar-refractivity contribution in [1.82, 2.24) is 5.32 Å². The van der Waals surface area contributed by atoms with Crippen LogP contribution < -0.4 is 11.1 Å². The van der Waals surface area contributed by atoms with E-state index in [1.807, 2.05) is 0 Å². The number of aliphatic hydroxyl groups is 2. The first-order valence-corrected chi connectivity index (χ1v) is 22.1. The zero-order valence-electron chi connectivity index (χ0n) is 38.3. The van der Waals surface area contributed by atoms with Crippen LogP contribution in [0, 0.1) is 16.7 Å². The van der Waals surface area contributed by atoms with Gasteiger partial charge in [-0.3, -0.25) is 24.0 Å². The Morgan fingerprint density at radius 1 is 0.806 bits per heavy atom. The third-order valence-electron chi connectivity index (χ3n) is 14.1. The number of hydrogen-bond donors (Lipinski definition) is 4. The second-order valence-corrected chi connectivity index (χ2v) is 18.6. The molecule has 1 amide bonds. The Balaban J connectivity index is 1.43. The van der Waals surface area contributed by atoms with E-state index in [1.165, 1.54) is 32.9 Å². The Morgan fingerprint density at radius 2 is 1.39 bits per heavy atom. The number of ketones is 1. The number of amides is 1. The van der Waals surface area contributed by atoms with Crippen molar-refractivity contribution >= 4 is 41.5 Å². The molecule has 4 aliphatic rings. The number of hydrogen-bond acceptors (Lipinski definition) is 16. The predicted molar refractivity (Wildman–Crippen MR) is 235 cm³/mol. The van der Waals surface area contributed by atoms with Crippen molar-refractivity contribution < 1.29 is 72.2 Å². The molecular weight excluding hydrogens is 869 g/mol. The van der Waals surface area contributed by atoms with Gasteiger partial charge in [-0.2, -0.15) is 0 Å². The van der Waals surface area contributed by atoms with E-state index in [4.69, 9.17) is 34.2 Å². The molecule has 356 valence electrons. The van der Waals surface area contributed by atoms with Gasteiger partial charge in [-0.1, -0.05) is 80.6 Å². The summed E-state index contributed by atoms with van der Waals surface area (Å²) in [6.45, 7) is 9.22. The molecule has 1 heterocycles. The Hall–Kier alpha value is -6.27. The van der Waals surface area contributed by atoms with E-state index in [-0.39, 0.29) is 35.3 Å². The van der Waals surface area contributed by atoms with Crippen molar-refractivity contribution in [3.8, 4) is 0 Å². The van der Waals surface area contributed by atoms with E-state index in [0.29, 0.717) is 5.56 Å². The van der Waals surface area contributed by atoms with Crippen LogP contribution in [0.5, 0.6) is 0 Å². The second kappa shape index (κ2) is 18.4. The van der Waals surface area contributed by atoms with E-state index < -0.39 is 125 Å². The van der Waals surface area contributed by atoms with Gasteiger partial charge in [-0.15, -0.1) is 0 Å². The summed E-state index contributed by atoms with van der Waals surface area (Å²) in [6, 6.07) is 21.6. The topological polar surface area (TPSA) is 253 Å². The first-order chi connectivity index (χ1) is 31.6. The molecule has 1 saturated heterocycles. The van der Waals surface area contributed by atoms with Crippen LogP contribution >= 0.6 is 0 Å². The van der Waals surface area contributed by atoms with Gasteiger partial charge in [0.2, 0.25) is 0 Å². The van der Waals surface area contributed by atoms with E-state index >= 15 is 4.79 Å². The zero-order chi connectivity index (χ0) is 48.8. The summed E-state index contributed by atoms with van der Waals surface area (Å²) in [5, 5.41) is 28.5. The van der Waals surface area contributed by atoms with Crippen LogP contribution in [0.15, 0.2) is 102 Å². The fraction of sp³-hybridized carbons (Fsp3) is 0.460. The maximum absolute atomic E-state index is 16.0. The number of fused-ring (bicyclic) bond motifs is 5. The van der Waals surface area contributed by atoms with Crippen molar-refractivity contribution in [2.45, 2.75) is 121 Å². The van der Waals surface area contributed by atoms with Gasteiger partial charge in [0, 0.05) is 37.7 Å². The monoisotopic (exact) mass is 924 g/mol. The number of nitrogens with two attached hydrogens (primary N) is 1. The average molecular weight is 925 g/mol. The van der Waals surface area contributed by atoms with E-state index in [9.17, 15) is 39.0 Å². The fourth-order valence-corrected chi connectivity index (χ4v) is 10.6. The summed E-state index contributed by atoms with van der Waals surface area (Å²) in [6.07, 6.45) is -10.8. The van der Waals surface area contributed by atoms with Gasteiger partial charge in [0.05, 0.1) is 29.5 Å². The smallest absolute Gasteiger partial charge is 0.338 e. The Bertz CT molecular complexity index is 2460. The summed E-state index contributed by atoms with van der Waals surface area (Å²) in [5.41, 5.74) is -1.49. The normalized spacial score (nSPS) is 30.7. The Labute approximate surface area is 387 Å². The van der Waals surface area contributed by atoms with Crippen LogP contribution in [0.4, 0.5) is 0 Å². The molecule has 17 heteroatoms. The minimum Gasteiger partial charge on any atom is -0.460 e. The molecule has 3 aromatic rings. The molecule has 3 fully saturated rings. The molecular formula is C50H56N2O15. The predicted octanol–water partition coefficient (Wildman–Crippen LogP) is 3.63. The van der Waals surface area contributed by atoms with Crippen LogP contribution in [0.1, 0.15) is 93.6 Å². The lowest BCUT2D eigenvalue weighted by Crippen LogP contribution is -2.82. The highest BCUT2D eigenvalue weighted by Crippen LogP contribution is 2.65. The van der Waals surface area contributed by atoms with Gasteiger partial charge in [-0.25, -0.2) is 9.59 Å². The number of nitrogens with one attached hydrogen (secondary N) is 1. The van der Waals surface area contributed by atoms with Gasteiger partial charge < -0.3 is 49.7 Å². The minimum atomic E-state index is -2.46. The van der Waals surface area contributed by atoms with Crippen molar-refractivity contribution in [2.75, 3.05) is 6.61 Å². The first kappa shape index (κ1) is 48.7. The van der Waals surface area contributed by atoms with Gasteiger partial charge in [0.1, 0.15) is 36.1 Å². The van der Waals surface area contributed by atoms with Gasteiger partial charge in [0.15, 0.2) is 23.6 Å². The molecule has 2 bridgehead atoms. The lowest BCUT2D eigenvalue weighted by Gasteiger charge is -2.67. The van der Waals surface area contributed by atoms with Crippen molar-refractivity contribution in [2.24, 2.45) is 22.5 Å². The highest BCUT2D eigenvalue weighted by Gasteiger charge is 2.79. The highest BCUT2D eigenvalue weighted by molar-refractivity contribution is 5.96. The van der Waals surface area contributed by atoms with Gasteiger partial charge >= 0.3 is 29.8 Å². The number of esters is 5. The second-order valence-electron chi connectivity index (χ2n) is 18.6. The maximum atomic E-state index is 16.0. The van der Waals surface area contributed by atoms with E-state index in [1.54, 1.807) is 92.7 Å². The minimum absolute atomic E-state index is 0.0360. The Morgan fingerprint density at radius 3 is 1.93 bits per heavy atom. The maximum Gasteiger partial charge on any atom is 0.338 e. The highest BCUT2D eigenvalue weighted by atomic mass is 16.6. The number of rotatable bonds is 12. The van der Waals surface area contributed by atoms with Crippen molar-refractivity contribution in [1.29, 1.82) is 0 Å². The zero-order valence-corrected chi connectivity index (χ0v) is 38.3. The quantitative estimate of drug-likeness (QED) is 0.115. The number of aliphatic hydroxyl groups excluding tert-OH is 1. The van der Waals surface area contributed by atoms with Crippen LogP contribution in [0.2, 0.25) is 0 Å². The molecule has 2 unspecified atom stereocenters. The molecule has 0 radical (unpaired) electrons. The van der Waals surface area contributed by atoms with Gasteiger partial charge in [-0.05, 0) is 61.7 Å². The molecule has 0 aromatic heterocycles. The summed E-state index contributed by atoms with van der Waals surface area (Å²) >= 11 is 0. The summed E-state index contributed by atoms with van der Waals surface area (Å²) in [4.78, 5) is 98.3. The standard InChI is InChI=1S/C50H56N2O15/c1-26-33(64-46(60)38(55)37(30-17-11-8-12-18-30)52-43(57)31-19-13-9-14-20-31)24-50(61)42(66-45(59)32-21-15-10-16-22-32)40-48(7,41(56)39(63-28(3)53)36(26)47(50,5)6)34(65-44(58)27(2)51)23-35-49(40,25-62-35)67-29(4)54/h8-22,27,33-35,37-40,42,55,61H,23-25,51H2,1-7H3,(H,52,57)/t27-,33+,34+,35?,37+,38-,39-,40?,42+,48-,49+,50-/m1/s1. The number of carbonyl (C=O) groups is 7. The van der Waals surface area contributed by atoms with Crippen LogP contribution in [-0.2, 0) is 52.4 Å². The SMILES string of the molecule is CC(=O)O[C@H]1C(=O)[C@@]2(C)C([C@H](OC(=O)c3ccccc3)[C@]3(O)C[C@H](OC(=O)[C@H](O)[C@@H](NC(=O)c4ccccc4)c4ccccc4)C(C)=C1C3(C)C)[C@]1(OC(C)=O)COC1C[C@@H]2OC(=O)[C@@H](C)N. The molecule has 0 spiro atoms. The van der Waals surface area contributed by atoms with Crippen molar-refractivity contribution in [3.63, 3.8) is 0 Å². The molecule has 12 atom stereocenters. The average Bonchev–Trinajstić information content (AvgIpc) is 3.28.